The number of rotatable bonds is 8. The van der Waals surface area contributed by atoms with Crippen LogP contribution >= 0.6 is 7.60 Å². The third-order valence-electron chi connectivity index (χ3n) is 3.94. The SMILES string of the molecule is COP(=O)(OC)c1c(CCC(C)C)ccn1Cc1ccccc1. The summed E-state index contributed by atoms with van der Waals surface area (Å²) in [4.78, 5) is 0. The number of aryl methyl sites for hydroxylation is 1. The van der Waals surface area contributed by atoms with Crippen LogP contribution in [0.3, 0.4) is 0 Å². The molecule has 2 rings (SSSR count). The minimum absolute atomic E-state index is 0.588. The summed E-state index contributed by atoms with van der Waals surface area (Å²) >= 11 is 0. The molecule has 0 atom stereocenters. The van der Waals surface area contributed by atoms with E-state index in [1.807, 2.05) is 35.0 Å². The number of hydrogen-bond donors (Lipinski definition) is 0. The molecule has 0 unspecified atom stereocenters. The Labute approximate surface area is 139 Å². The van der Waals surface area contributed by atoms with E-state index in [1.165, 1.54) is 14.2 Å². The molecule has 0 radical (unpaired) electrons. The predicted octanol–water partition coefficient (Wildman–Crippen LogP) is 4.24. The van der Waals surface area contributed by atoms with Crippen molar-refractivity contribution in [3.8, 4) is 0 Å². The number of aromatic nitrogens is 1. The van der Waals surface area contributed by atoms with E-state index in [9.17, 15) is 4.57 Å². The lowest BCUT2D eigenvalue weighted by Crippen LogP contribution is -2.22. The van der Waals surface area contributed by atoms with E-state index in [0.29, 0.717) is 17.9 Å². The topological polar surface area (TPSA) is 40.5 Å². The molecule has 126 valence electrons. The standard InChI is InChI=1S/C18H26NO3P/c1-15(2)10-11-17-12-13-19(14-16-8-6-5-7-9-16)18(17)23(20,21-3)22-4/h5-9,12-13,15H,10-11,14H2,1-4H3. The molecule has 0 aliphatic rings. The molecular formula is C18H26NO3P. The van der Waals surface area contributed by atoms with Crippen molar-refractivity contribution in [1.82, 2.24) is 4.57 Å². The second-order valence-corrected chi connectivity index (χ2v) is 8.22. The molecule has 23 heavy (non-hydrogen) atoms. The van der Waals surface area contributed by atoms with Crippen LogP contribution in [0.1, 0.15) is 31.4 Å². The maximum atomic E-state index is 13.0. The molecule has 0 fully saturated rings. The van der Waals surface area contributed by atoms with Crippen molar-refractivity contribution in [3.05, 3.63) is 53.7 Å². The Hall–Kier alpha value is -1.35. The molecule has 0 spiro atoms. The normalized spacial score (nSPS) is 12.0. The molecule has 1 heterocycles. The lowest BCUT2D eigenvalue weighted by atomic mass is 10.1. The third-order valence-corrected chi connectivity index (χ3v) is 5.97. The van der Waals surface area contributed by atoms with Gasteiger partial charge in [-0.1, -0.05) is 44.2 Å². The average molecular weight is 335 g/mol. The number of benzene rings is 1. The Bertz CT molecular complexity index is 656. The maximum absolute atomic E-state index is 13.0. The van der Waals surface area contributed by atoms with Crippen molar-refractivity contribution in [2.24, 2.45) is 5.92 Å². The highest BCUT2D eigenvalue weighted by atomic mass is 31.2. The van der Waals surface area contributed by atoms with E-state index in [1.54, 1.807) is 0 Å². The Morgan fingerprint density at radius 3 is 2.30 bits per heavy atom. The van der Waals surface area contributed by atoms with Gasteiger partial charge in [0.15, 0.2) is 0 Å². The van der Waals surface area contributed by atoms with Crippen LogP contribution in [-0.2, 0) is 26.6 Å². The smallest absolute Gasteiger partial charge is 0.337 e. The van der Waals surface area contributed by atoms with Crippen LogP contribution in [0.15, 0.2) is 42.6 Å². The fraction of sp³-hybridized carbons (Fsp3) is 0.444. The van der Waals surface area contributed by atoms with Gasteiger partial charge in [0.2, 0.25) is 0 Å². The van der Waals surface area contributed by atoms with Gasteiger partial charge in [0.05, 0.1) is 0 Å². The zero-order valence-corrected chi connectivity index (χ0v) is 15.3. The third kappa shape index (κ3) is 4.35. The van der Waals surface area contributed by atoms with Gasteiger partial charge in [0.1, 0.15) is 5.44 Å². The van der Waals surface area contributed by atoms with Crippen LogP contribution in [0, 0.1) is 5.92 Å². The van der Waals surface area contributed by atoms with Crippen LogP contribution in [0.25, 0.3) is 0 Å². The molecule has 2 aromatic rings. The van der Waals surface area contributed by atoms with E-state index in [4.69, 9.17) is 9.05 Å². The lowest BCUT2D eigenvalue weighted by molar-refractivity contribution is 0.285. The van der Waals surface area contributed by atoms with Gasteiger partial charge < -0.3 is 13.6 Å². The fourth-order valence-electron chi connectivity index (χ4n) is 2.64. The summed E-state index contributed by atoms with van der Waals surface area (Å²) in [5.41, 5.74) is 2.87. The molecule has 0 N–H and O–H groups in total. The molecule has 0 saturated heterocycles. The molecule has 0 aliphatic heterocycles. The van der Waals surface area contributed by atoms with Crippen LogP contribution in [0.2, 0.25) is 0 Å². The van der Waals surface area contributed by atoms with Crippen LogP contribution in [0.4, 0.5) is 0 Å². The second kappa shape index (κ2) is 7.96. The van der Waals surface area contributed by atoms with Crippen molar-refractivity contribution in [1.29, 1.82) is 0 Å². The average Bonchev–Trinajstić information content (AvgIpc) is 2.96. The zero-order chi connectivity index (χ0) is 16.9. The van der Waals surface area contributed by atoms with Crippen molar-refractivity contribution >= 4 is 13.0 Å². The molecule has 4 nitrogen and oxygen atoms in total. The van der Waals surface area contributed by atoms with Crippen molar-refractivity contribution in [3.63, 3.8) is 0 Å². The van der Waals surface area contributed by atoms with E-state index in [0.717, 1.165) is 24.0 Å². The van der Waals surface area contributed by atoms with Crippen molar-refractivity contribution in [2.75, 3.05) is 14.2 Å². The maximum Gasteiger partial charge on any atom is 0.377 e. The summed E-state index contributed by atoms with van der Waals surface area (Å²) in [5, 5.41) is 0. The van der Waals surface area contributed by atoms with Crippen LogP contribution in [0.5, 0.6) is 0 Å². The van der Waals surface area contributed by atoms with Gasteiger partial charge in [0, 0.05) is 27.0 Å². The summed E-state index contributed by atoms with van der Waals surface area (Å²) in [7, 11) is -0.413. The first kappa shape index (κ1) is 18.0. The molecule has 0 bridgehead atoms. The van der Waals surface area contributed by atoms with Gasteiger partial charge in [-0.15, -0.1) is 0 Å². The summed E-state index contributed by atoms with van der Waals surface area (Å²) < 4.78 is 25.5. The Balaban J connectivity index is 2.40. The molecule has 1 aromatic carbocycles. The highest BCUT2D eigenvalue weighted by Crippen LogP contribution is 2.46. The molecular weight excluding hydrogens is 309 g/mol. The molecule has 0 amide bonds. The first-order valence-electron chi connectivity index (χ1n) is 7.94. The van der Waals surface area contributed by atoms with Crippen molar-refractivity contribution in [2.45, 2.75) is 33.2 Å². The molecule has 0 saturated carbocycles. The Morgan fingerprint density at radius 2 is 1.74 bits per heavy atom. The van der Waals surface area contributed by atoms with Crippen LogP contribution < -0.4 is 5.44 Å². The van der Waals surface area contributed by atoms with Crippen molar-refractivity contribution < 1.29 is 13.6 Å². The largest absolute Gasteiger partial charge is 0.377 e. The lowest BCUT2D eigenvalue weighted by Gasteiger charge is -2.19. The predicted molar refractivity (Wildman–Crippen MR) is 94.4 cm³/mol. The van der Waals surface area contributed by atoms with Gasteiger partial charge >= 0.3 is 7.60 Å². The molecule has 0 aliphatic carbocycles. The summed E-state index contributed by atoms with van der Waals surface area (Å²) in [6.45, 7) is 5.02. The van der Waals surface area contributed by atoms with Gasteiger partial charge in [-0.25, -0.2) is 0 Å². The monoisotopic (exact) mass is 335 g/mol. The molecule has 5 heteroatoms. The fourth-order valence-corrected chi connectivity index (χ4v) is 4.12. The minimum Gasteiger partial charge on any atom is -0.337 e. The summed E-state index contributed by atoms with van der Waals surface area (Å²) in [5.74, 6) is 0.588. The first-order valence-corrected chi connectivity index (χ1v) is 9.48. The Kier molecular flexibility index (Phi) is 6.23. The summed E-state index contributed by atoms with van der Waals surface area (Å²) in [6, 6.07) is 12.1. The van der Waals surface area contributed by atoms with E-state index < -0.39 is 7.60 Å². The number of nitrogens with zero attached hydrogens (tertiary/aromatic N) is 1. The highest BCUT2D eigenvalue weighted by molar-refractivity contribution is 7.62. The van der Waals surface area contributed by atoms with Gasteiger partial charge in [-0.05, 0) is 36.0 Å². The van der Waals surface area contributed by atoms with E-state index in [-0.39, 0.29) is 0 Å². The van der Waals surface area contributed by atoms with Gasteiger partial charge in [0.25, 0.3) is 0 Å². The van der Waals surface area contributed by atoms with Gasteiger partial charge in [-0.3, -0.25) is 4.57 Å². The Morgan fingerprint density at radius 1 is 1.09 bits per heavy atom. The molecule has 1 aromatic heterocycles. The van der Waals surface area contributed by atoms with Gasteiger partial charge in [-0.2, -0.15) is 0 Å². The number of hydrogen-bond acceptors (Lipinski definition) is 3. The van der Waals surface area contributed by atoms with E-state index in [2.05, 4.69) is 26.0 Å². The van der Waals surface area contributed by atoms with Crippen LogP contribution in [-0.4, -0.2) is 18.8 Å². The first-order chi connectivity index (χ1) is 11.0. The van der Waals surface area contributed by atoms with E-state index >= 15 is 0 Å². The minimum atomic E-state index is -3.29. The summed E-state index contributed by atoms with van der Waals surface area (Å²) in [6.07, 6.45) is 3.88. The second-order valence-electron chi connectivity index (χ2n) is 6.07. The zero-order valence-electron chi connectivity index (χ0n) is 14.4. The quantitative estimate of drug-likeness (QED) is 0.678. The highest BCUT2D eigenvalue weighted by Gasteiger charge is 2.31.